The van der Waals surface area contributed by atoms with Crippen LogP contribution in [0.15, 0.2) is 41.6 Å². The van der Waals surface area contributed by atoms with Crippen molar-refractivity contribution >= 4 is 28.5 Å². The fraction of sp³-hybridized carbons (Fsp3) is 0.0714. The number of aromatic carboxylic acids is 1. The summed E-state index contributed by atoms with van der Waals surface area (Å²) < 4.78 is 26.4. The molecular formula is C14H11F2KN2O3S. The normalized spacial score (nSPS) is 9.83. The molecule has 0 bridgehead atoms. The minimum Gasteiger partial charge on any atom is -1.00 e. The van der Waals surface area contributed by atoms with E-state index in [2.05, 4.69) is 10.3 Å². The van der Waals surface area contributed by atoms with Gasteiger partial charge in [-0.15, -0.1) is 0 Å². The van der Waals surface area contributed by atoms with Crippen molar-refractivity contribution in [3.8, 4) is 0 Å². The summed E-state index contributed by atoms with van der Waals surface area (Å²) in [6.45, 7) is -0.305. The first-order chi connectivity index (χ1) is 10.5. The molecule has 0 saturated heterocycles. The Labute approximate surface area is 178 Å². The first kappa shape index (κ1) is 20.2. The summed E-state index contributed by atoms with van der Waals surface area (Å²) in [5.41, 5.74) is -0.244. The quantitative estimate of drug-likeness (QED) is 0.570. The van der Waals surface area contributed by atoms with Crippen molar-refractivity contribution in [3.63, 3.8) is 0 Å². The Morgan fingerprint density at radius 1 is 1.30 bits per heavy atom. The number of pyridine rings is 1. The fourth-order valence-electron chi connectivity index (χ4n) is 1.58. The number of halogens is 2. The number of carboxylic acid groups (broad SMARTS) is 1. The van der Waals surface area contributed by atoms with Gasteiger partial charge in [-0.3, -0.25) is 4.79 Å². The largest absolute Gasteiger partial charge is 1.00 e. The van der Waals surface area contributed by atoms with Gasteiger partial charge >= 0.3 is 57.4 Å². The molecule has 0 atom stereocenters. The first-order valence-electron chi connectivity index (χ1n) is 6.05. The third kappa shape index (κ3) is 5.94. The molecule has 0 unspecified atom stereocenters. The van der Waals surface area contributed by atoms with E-state index in [0.29, 0.717) is 11.8 Å². The molecular weight excluding hydrogens is 353 g/mol. The van der Waals surface area contributed by atoms with Crippen LogP contribution in [0.1, 0.15) is 11.8 Å². The van der Waals surface area contributed by atoms with E-state index in [-0.39, 0.29) is 75.6 Å². The Morgan fingerprint density at radius 3 is 2.74 bits per heavy atom. The van der Waals surface area contributed by atoms with Crippen molar-refractivity contribution < 1.29 is 76.3 Å². The molecule has 1 aromatic carbocycles. The van der Waals surface area contributed by atoms with E-state index < -0.39 is 22.7 Å². The van der Waals surface area contributed by atoms with Crippen molar-refractivity contribution in [2.45, 2.75) is 5.03 Å². The van der Waals surface area contributed by atoms with Gasteiger partial charge < -0.3 is 11.8 Å². The van der Waals surface area contributed by atoms with Crippen molar-refractivity contribution in [2.75, 3.05) is 11.9 Å². The van der Waals surface area contributed by atoms with E-state index >= 15 is 0 Å². The molecule has 0 fully saturated rings. The standard InChI is InChI=1S/C14H10F2N2O3S.K.H/c15-8-3-4-10(16)11(6-8)18-7-12(19)22-13-9(14(20)21)2-1-5-17-13;;/h1-6,18H,7H2,(H,20,21);;/q;+1;-1. The number of anilines is 1. The van der Waals surface area contributed by atoms with E-state index in [4.69, 9.17) is 5.11 Å². The van der Waals surface area contributed by atoms with Crippen LogP contribution in [0, 0.1) is 11.6 Å². The second-order valence-corrected chi connectivity index (χ2v) is 5.16. The molecule has 0 aliphatic rings. The number of aromatic nitrogens is 1. The maximum absolute atomic E-state index is 13.4. The van der Waals surface area contributed by atoms with Crippen LogP contribution < -0.4 is 56.7 Å². The predicted molar refractivity (Wildman–Crippen MR) is 78.0 cm³/mol. The average Bonchev–Trinajstić information content (AvgIpc) is 2.48. The third-order valence-electron chi connectivity index (χ3n) is 2.56. The van der Waals surface area contributed by atoms with Gasteiger partial charge in [0.25, 0.3) is 0 Å². The number of nitrogens with one attached hydrogen (secondary N) is 1. The van der Waals surface area contributed by atoms with E-state index in [1.807, 2.05) is 0 Å². The Kier molecular flexibility index (Phi) is 8.30. The number of nitrogens with zero attached hydrogens (tertiary/aromatic N) is 1. The van der Waals surface area contributed by atoms with E-state index in [0.717, 1.165) is 18.2 Å². The minimum atomic E-state index is -1.20. The Balaban J connectivity index is 0.00000264. The van der Waals surface area contributed by atoms with E-state index in [1.54, 1.807) is 0 Å². The molecule has 0 amide bonds. The average molecular weight is 364 g/mol. The topological polar surface area (TPSA) is 79.3 Å². The number of benzene rings is 1. The molecule has 9 heteroatoms. The van der Waals surface area contributed by atoms with Crippen LogP contribution in [0.3, 0.4) is 0 Å². The molecule has 2 aromatic rings. The molecule has 0 saturated carbocycles. The van der Waals surface area contributed by atoms with Gasteiger partial charge in [0.05, 0.1) is 17.8 Å². The van der Waals surface area contributed by atoms with Gasteiger partial charge in [-0.2, -0.15) is 0 Å². The molecule has 5 nitrogen and oxygen atoms in total. The summed E-state index contributed by atoms with van der Waals surface area (Å²) in [6.07, 6.45) is 1.36. The van der Waals surface area contributed by atoms with Gasteiger partial charge in [-0.1, -0.05) is 0 Å². The maximum atomic E-state index is 13.4. The Hall–Kier alpha value is -0.844. The monoisotopic (exact) mass is 364 g/mol. The SMILES string of the molecule is O=C(CNc1cc(F)ccc1F)Sc1ncccc1C(=O)O.[H-].[K+]. The molecule has 0 aliphatic carbocycles. The van der Waals surface area contributed by atoms with Crippen molar-refractivity contribution in [1.82, 2.24) is 4.98 Å². The molecule has 2 N–H and O–H groups in total. The van der Waals surface area contributed by atoms with Gasteiger partial charge in [0, 0.05) is 6.20 Å². The Morgan fingerprint density at radius 2 is 2.04 bits per heavy atom. The molecule has 1 heterocycles. The molecule has 2 rings (SSSR count). The van der Waals surface area contributed by atoms with Crippen LogP contribution in [0.4, 0.5) is 14.5 Å². The second-order valence-electron chi connectivity index (χ2n) is 4.11. The number of carbonyl (C=O) groups is 2. The summed E-state index contributed by atoms with van der Waals surface area (Å²) in [4.78, 5) is 26.6. The molecule has 23 heavy (non-hydrogen) atoms. The third-order valence-corrected chi connectivity index (χ3v) is 3.45. The number of carboxylic acids is 1. The summed E-state index contributed by atoms with van der Waals surface area (Å²) in [7, 11) is 0. The van der Waals surface area contributed by atoms with Crippen LogP contribution in [-0.2, 0) is 4.79 Å². The number of hydrogen-bond donors (Lipinski definition) is 2. The summed E-state index contributed by atoms with van der Waals surface area (Å²) in [5.74, 6) is -2.53. The number of hydrogen-bond acceptors (Lipinski definition) is 5. The number of thioether (sulfide) groups is 1. The van der Waals surface area contributed by atoms with Gasteiger partial charge in [0.2, 0.25) is 5.12 Å². The molecule has 116 valence electrons. The second kappa shape index (κ2) is 9.45. The maximum Gasteiger partial charge on any atom is 1.00 e. The summed E-state index contributed by atoms with van der Waals surface area (Å²) in [6, 6.07) is 5.60. The van der Waals surface area contributed by atoms with Gasteiger partial charge in [-0.05, 0) is 42.1 Å². The van der Waals surface area contributed by atoms with Crippen molar-refractivity contribution in [2.24, 2.45) is 0 Å². The predicted octanol–water partition coefficient (Wildman–Crippen LogP) is -0.0947. The van der Waals surface area contributed by atoms with Crippen molar-refractivity contribution in [3.05, 3.63) is 53.7 Å². The van der Waals surface area contributed by atoms with Crippen LogP contribution in [0.2, 0.25) is 0 Å². The molecule has 0 aliphatic heterocycles. The zero-order valence-electron chi connectivity index (χ0n) is 13.0. The van der Waals surface area contributed by atoms with Crippen LogP contribution >= 0.6 is 11.8 Å². The summed E-state index contributed by atoms with van der Waals surface area (Å²) >= 11 is 0.618. The molecule has 0 spiro atoms. The number of carbonyl (C=O) groups excluding carboxylic acids is 1. The zero-order valence-corrected chi connectivity index (χ0v) is 16.0. The smallest absolute Gasteiger partial charge is 1.00 e. The molecule has 0 radical (unpaired) electrons. The summed E-state index contributed by atoms with van der Waals surface area (Å²) in [5, 5.41) is 11.0. The molecule has 1 aromatic heterocycles. The fourth-order valence-corrected chi connectivity index (χ4v) is 2.32. The van der Waals surface area contributed by atoms with Crippen LogP contribution in [-0.4, -0.2) is 27.7 Å². The number of rotatable bonds is 5. The van der Waals surface area contributed by atoms with Crippen molar-refractivity contribution in [1.29, 1.82) is 0 Å². The van der Waals surface area contributed by atoms with E-state index in [9.17, 15) is 18.4 Å². The Bertz CT molecular complexity index is 737. The van der Waals surface area contributed by atoms with Crippen LogP contribution in [0.25, 0.3) is 0 Å². The minimum absolute atomic E-state index is 0. The first-order valence-corrected chi connectivity index (χ1v) is 6.87. The van der Waals surface area contributed by atoms with Gasteiger partial charge in [0.1, 0.15) is 16.7 Å². The van der Waals surface area contributed by atoms with Gasteiger partial charge in [-0.25, -0.2) is 18.6 Å². The van der Waals surface area contributed by atoms with E-state index in [1.165, 1.54) is 18.3 Å². The van der Waals surface area contributed by atoms with Gasteiger partial charge in [0.15, 0.2) is 0 Å². The zero-order chi connectivity index (χ0) is 16.1. The van der Waals surface area contributed by atoms with Crippen LogP contribution in [0.5, 0.6) is 0 Å².